The van der Waals surface area contributed by atoms with Crippen LogP contribution in [0.4, 0.5) is 13.2 Å². The van der Waals surface area contributed by atoms with Gasteiger partial charge in [0.05, 0.1) is 17.1 Å². The first-order valence-electron chi connectivity index (χ1n) is 8.09. The van der Waals surface area contributed by atoms with Gasteiger partial charge in [0.15, 0.2) is 0 Å². The summed E-state index contributed by atoms with van der Waals surface area (Å²) >= 11 is -0.172. The molecule has 2 N–H and O–H groups in total. The lowest BCUT2D eigenvalue weighted by Gasteiger charge is -2.09. The van der Waals surface area contributed by atoms with Crippen LogP contribution in [-0.2, 0) is 4.79 Å². The maximum absolute atomic E-state index is 12.3. The number of fused-ring (bicyclic) bond motifs is 1. The zero-order chi connectivity index (χ0) is 19.4. The van der Waals surface area contributed by atoms with Gasteiger partial charge in [-0.15, -0.1) is 0 Å². The summed E-state index contributed by atoms with van der Waals surface area (Å²) in [5, 5.41) is 2.80. The number of nitrogens with zero attached hydrogens (tertiary/aromatic N) is 1. The molecule has 0 radical (unpaired) electrons. The zero-order valence-corrected chi connectivity index (χ0v) is 15.1. The summed E-state index contributed by atoms with van der Waals surface area (Å²) in [6.07, 6.45) is 2.88. The predicted molar refractivity (Wildman–Crippen MR) is 100 cm³/mol. The van der Waals surface area contributed by atoms with Crippen LogP contribution in [0.5, 0.6) is 0 Å². The van der Waals surface area contributed by atoms with Gasteiger partial charge in [-0.05, 0) is 54.6 Å². The molecule has 0 aliphatic rings. The lowest BCUT2D eigenvalue weighted by atomic mass is 10.2. The number of alkyl halides is 3. The first-order valence-corrected chi connectivity index (χ1v) is 8.91. The molecule has 140 valence electrons. The molecule has 0 saturated carbocycles. The Kier molecular flexibility index (Phi) is 5.55. The Labute approximate surface area is 157 Å². The second-order valence-electron chi connectivity index (χ2n) is 5.82. The number of imidazole rings is 1. The van der Waals surface area contributed by atoms with Gasteiger partial charge in [-0.2, -0.15) is 13.2 Å². The second-order valence-corrected chi connectivity index (χ2v) is 6.96. The van der Waals surface area contributed by atoms with E-state index in [0.717, 1.165) is 11.0 Å². The molecule has 2 aromatic carbocycles. The Morgan fingerprint density at radius 2 is 1.89 bits per heavy atom. The van der Waals surface area contributed by atoms with Crippen LogP contribution in [0.3, 0.4) is 0 Å². The molecule has 0 saturated heterocycles. The minimum absolute atomic E-state index is 0.0996. The number of aromatic nitrogens is 2. The number of carbonyl (C=O) groups excluding carboxylic acids is 1. The van der Waals surface area contributed by atoms with E-state index in [-0.39, 0.29) is 28.6 Å². The van der Waals surface area contributed by atoms with Gasteiger partial charge >= 0.3 is 5.51 Å². The van der Waals surface area contributed by atoms with Crippen LogP contribution in [-0.4, -0.2) is 21.4 Å². The van der Waals surface area contributed by atoms with E-state index in [0.29, 0.717) is 11.4 Å². The molecule has 8 heteroatoms. The van der Waals surface area contributed by atoms with E-state index >= 15 is 0 Å². The molecular weight excluding hydrogens is 375 g/mol. The van der Waals surface area contributed by atoms with Gasteiger partial charge in [-0.3, -0.25) is 4.79 Å². The van der Waals surface area contributed by atoms with Crippen LogP contribution >= 0.6 is 11.8 Å². The summed E-state index contributed by atoms with van der Waals surface area (Å²) in [6, 6.07) is 13.0. The maximum Gasteiger partial charge on any atom is 0.446 e. The molecule has 1 atom stereocenters. The fourth-order valence-electron chi connectivity index (χ4n) is 2.46. The van der Waals surface area contributed by atoms with Crippen molar-refractivity contribution in [2.75, 3.05) is 0 Å². The smallest absolute Gasteiger partial charge is 0.343 e. The average Bonchev–Trinajstić information content (AvgIpc) is 3.04. The van der Waals surface area contributed by atoms with Crippen molar-refractivity contribution < 1.29 is 18.0 Å². The first-order chi connectivity index (χ1) is 12.8. The third-order valence-electron chi connectivity index (χ3n) is 3.72. The number of aromatic amines is 1. The molecule has 1 unspecified atom stereocenters. The number of benzene rings is 2. The number of nitrogens with one attached hydrogen (secondary N) is 2. The number of carbonyl (C=O) groups is 1. The fraction of sp³-hybridized carbons (Fsp3) is 0.158. The Bertz CT molecular complexity index is 931. The Balaban J connectivity index is 1.59. The van der Waals surface area contributed by atoms with Crippen molar-refractivity contribution in [2.45, 2.75) is 23.4 Å². The number of hydrogen-bond acceptors (Lipinski definition) is 3. The molecule has 4 nitrogen and oxygen atoms in total. The van der Waals surface area contributed by atoms with Crippen LogP contribution in [0.1, 0.15) is 24.4 Å². The molecule has 0 spiro atoms. The minimum Gasteiger partial charge on any atom is -0.343 e. The van der Waals surface area contributed by atoms with Crippen molar-refractivity contribution in [2.24, 2.45) is 0 Å². The quantitative estimate of drug-likeness (QED) is 0.472. The molecule has 1 heterocycles. The molecule has 1 aromatic heterocycles. The molecule has 3 aromatic rings. The Morgan fingerprint density at radius 3 is 2.56 bits per heavy atom. The third kappa shape index (κ3) is 5.37. The van der Waals surface area contributed by atoms with E-state index in [1.54, 1.807) is 6.08 Å². The first kappa shape index (κ1) is 19.0. The van der Waals surface area contributed by atoms with Crippen molar-refractivity contribution in [3.63, 3.8) is 0 Å². The number of thioether (sulfide) groups is 1. The zero-order valence-electron chi connectivity index (χ0n) is 14.2. The van der Waals surface area contributed by atoms with Crippen LogP contribution in [0.25, 0.3) is 17.1 Å². The average molecular weight is 391 g/mol. The summed E-state index contributed by atoms with van der Waals surface area (Å²) < 4.78 is 36.9. The minimum atomic E-state index is -4.32. The van der Waals surface area contributed by atoms with Crippen molar-refractivity contribution in [3.8, 4) is 0 Å². The lowest BCUT2D eigenvalue weighted by molar-refractivity contribution is -0.117. The largest absolute Gasteiger partial charge is 0.446 e. The molecular formula is C19H16F3N3OS. The third-order valence-corrected chi connectivity index (χ3v) is 4.46. The highest BCUT2D eigenvalue weighted by Crippen LogP contribution is 2.36. The SMILES string of the molecule is CC(NC(=O)/C=C/c1ccc(SC(F)(F)F)cc1)c1nc2ccccc2[nH]1. The normalized spacial score (nSPS) is 13.2. The number of halogens is 3. The molecule has 3 rings (SSSR count). The standard InChI is InChI=1S/C19H16F3N3OS/c1-12(18-24-15-4-2-3-5-16(15)25-18)23-17(26)11-8-13-6-9-14(10-7-13)27-19(20,21)22/h2-12H,1H3,(H,23,26)(H,24,25)/b11-8+. The molecule has 27 heavy (non-hydrogen) atoms. The van der Waals surface area contributed by atoms with Gasteiger partial charge in [0.25, 0.3) is 0 Å². The number of amides is 1. The highest BCUT2D eigenvalue weighted by Gasteiger charge is 2.28. The number of H-pyrrole nitrogens is 1. The van der Waals surface area contributed by atoms with Crippen LogP contribution in [0.2, 0.25) is 0 Å². The summed E-state index contributed by atoms with van der Waals surface area (Å²) in [5.41, 5.74) is -1.97. The highest BCUT2D eigenvalue weighted by atomic mass is 32.2. The van der Waals surface area contributed by atoms with Crippen molar-refractivity contribution >= 4 is 34.8 Å². The van der Waals surface area contributed by atoms with E-state index in [1.807, 2.05) is 31.2 Å². The van der Waals surface area contributed by atoms with Crippen molar-refractivity contribution in [3.05, 3.63) is 66.0 Å². The van der Waals surface area contributed by atoms with Crippen molar-refractivity contribution in [1.82, 2.24) is 15.3 Å². The molecule has 0 bridgehead atoms. The fourth-order valence-corrected chi connectivity index (χ4v) is 3.00. The number of para-hydroxylation sites is 2. The van der Waals surface area contributed by atoms with Gasteiger partial charge < -0.3 is 10.3 Å². The van der Waals surface area contributed by atoms with Gasteiger partial charge in [-0.25, -0.2) is 4.98 Å². The topological polar surface area (TPSA) is 57.8 Å². The van der Waals surface area contributed by atoms with E-state index in [4.69, 9.17) is 0 Å². The summed E-state index contributed by atoms with van der Waals surface area (Å²) in [5.74, 6) is 0.322. The van der Waals surface area contributed by atoms with Gasteiger partial charge in [0, 0.05) is 11.0 Å². The monoisotopic (exact) mass is 391 g/mol. The van der Waals surface area contributed by atoms with Crippen LogP contribution in [0.15, 0.2) is 59.5 Å². The molecule has 1 amide bonds. The Hall–Kier alpha value is -2.74. The van der Waals surface area contributed by atoms with Crippen LogP contribution < -0.4 is 5.32 Å². The number of rotatable bonds is 5. The van der Waals surface area contributed by atoms with E-state index in [9.17, 15) is 18.0 Å². The molecule has 0 aliphatic carbocycles. The van der Waals surface area contributed by atoms with E-state index in [2.05, 4.69) is 15.3 Å². The van der Waals surface area contributed by atoms with Gasteiger partial charge in [-0.1, -0.05) is 24.3 Å². The van der Waals surface area contributed by atoms with E-state index in [1.165, 1.54) is 30.3 Å². The summed E-state index contributed by atoms with van der Waals surface area (Å²) in [7, 11) is 0. The Morgan fingerprint density at radius 1 is 1.19 bits per heavy atom. The van der Waals surface area contributed by atoms with Gasteiger partial charge in [0.1, 0.15) is 5.82 Å². The second kappa shape index (κ2) is 7.87. The lowest BCUT2D eigenvalue weighted by Crippen LogP contribution is -2.25. The summed E-state index contributed by atoms with van der Waals surface area (Å²) in [4.78, 5) is 19.8. The molecule has 0 fully saturated rings. The maximum atomic E-state index is 12.3. The number of hydrogen-bond donors (Lipinski definition) is 2. The highest BCUT2D eigenvalue weighted by molar-refractivity contribution is 8.00. The predicted octanol–water partition coefficient (Wildman–Crippen LogP) is 5.07. The molecule has 0 aliphatic heterocycles. The van der Waals surface area contributed by atoms with Crippen molar-refractivity contribution in [1.29, 1.82) is 0 Å². The van der Waals surface area contributed by atoms with Crippen LogP contribution in [0, 0.1) is 0 Å². The van der Waals surface area contributed by atoms with E-state index < -0.39 is 5.51 Å². The summed E-state index contributed by atoms with van der Waals surface area (Å²) in [6.45, 7) is 1.81. The van der Waals surface area contributed by atoms with Gasteiger partial charge in [0.2, 0.25) is 5.91 Å².